The van der Waals surface area contributed by atoms with Crippen molar-refractivity contribution < 1.29 is 19.1 Å². The molecular formula is C15H18O4. The predicted octanol–water partition coefficient (Wildman–Crippen LogP) is 2.78. The molecule has 0 heterocycles. The lowest BCUT2D eigenvalue weighted by molar-refractivity contribution is -0.136. The summed E-state index contributed by atoms with van der Waals surface area (Å²) >= 11 is 0. The first-order valence-electron chi connectivity index (χ1n) is 6.09. The molecule has 0 aromatic heterocycles. The Morgan fingerprint density at radius 2 is 2.05 bits per heavy atom. The molecule has 0 saturated carbocycles. The molecule has 0 radical (unpaired) electrons. The second-order valence-electron chi connectivity index (χ2n) is 3.97. The van der Waals surface area contributed by atoms with Crippen LogP contribution in [0.4, 0.5) is 0 Å². The highest BCUT2D eigenvalue weighted by Gasteiger charge is 2.06. The molecule has 0 fully saturated rings. The van der Waals surface area contributed by atoms with Crippen LogP contribution in [0.15, 0.2) is 35.9 Å². The van der Waals surface area contributed by atoms with Gasteiger partial charge in [-0.2, -0.15) is 0 Å². The Balaban J connectivity index is 2.66. The van der Waals surface area contributed by atoms with Gasteiger partial charge in [0, 0.05) is 11.1 Å². The van der Waals surface area contributed by atoms with Crippen LogP contribution in [0.2, 0.25) is 0 Å². The van der Waals surface area contributed by atoms with E-state index in [2.05, 4.69) is 4.74 Å². The first-order valence-corrected chi connectivity index (χ1v) is 6.09. The standard InChI is InChI=1S/C15H18O4/c1-4-12(15(17)18-3)8-9-19-14-7-5-6-13(10-14)11(2)16/h5-8,10H,4,9H2,1-3H3. The van der Waals surface area contributed by atoms with Crippen LogP contribution in [0.25, 0.3) is 0 Å². The highest BCUT2D eigenvalue weighted by molar-refractivity contribution is 5.94. The highest BCUT2D eigenvalue weighted by atomic mass is 16.5. The van der Waals surface area contributed by atoms with Gasteiger partial charge in [0.1, 0.15) is 12.4 Å². The number of benzene rings is 1. The van der Waals surface area contributed by atoms with Gasteiger partial charge in [0.05, 0.1) is 7.11 Å². The molecule has 0 aliphatic heterocycles. The average Bonchev–Trinajstić information content (AvgIpc) is 2.43. The molecule has 0 bridgehead atoms. The van der Waals surface area contributed by atoms with E-state index < -0.39 is 0 Å². The van der Waals surface area contributed by atoms with Crippen LogP contribution in [-0.4, -0.2) is 25.5 Å². The molecule has 1 aromatic carbocycles. The first-order chi connectivity index (χ1) is 9.08. The summed E-state index contributed by atoms with van der Waals surface area (Å²) in [5.41, 5.74) is 1.18. The van der Waals surface area contributed by atoms with Crippen molar-refractivity contribution in [3.05, 3.63) is 41.5 Å². The van der Waals surface area contributed by atoms with Gasteiger partial charge < -0.3 is 9.47 Å². The number of Topliss-reactive ketones (excluding diaryl/α,β-unsaturated/α-hetero) is 1. The van der Waals surface area contributed by atoms with E-state index in [1.807, 2.05) is 6.92 Å². The summed E-state index contributed by atoms with van der Waals surface area (Å²) < 4.78 is 10.1. The van der Waals surface area contributed by atoms with E-state index in [1.54, 1.807) is 30.3 Å². The number of ketones is 1. The molecule has 0 saturated heterocycles. The normalized spacial score (nSPS) is 11.0. The maximum atomic E-state index is 11.3. The lowest BCUT2D eigenvalue weighted by Crippen LogP contribution is -2.06. The Morgan fingerprint density at radius 3 is 2.63 bits per heavy atom. The number of ether oxygens (including phenoxy) is 2. The molecule has 0 atom stereocenters. The average molecular weight is 262 g/mol. The summed E-state index contributed by atoms with van der Waals surface area (Å²) in [6.07, 6.45) is 2.27. The van der Waals surface area contributed by atoms with Crippen LogP contribution in [-0.2, 0) is 9.53 Å². The Morgan fingerprint density at radius 1 is 1.32 bits per heavy atom. The van der Waals surface area contributed by atoms with Gasteiger partial charge in [-0.1, -0.05) is 19.1 Å². The zero-order valence-corrected chi connectivity index (χ0v) is 11.4. The summed E-state index contributed by atoms with van der Waals surface area (Å²) in [5, 5.41) is 0. The molecule has 0 amide bonds. The largest absolute Gasteiger partial charge is 0.489 e. The van der Waals surface area contributed by atoms with Crippen LogP contribution in [0.5, 0.6) is 5.75 Å². The fraction of sp³-hybridized carbons (Fsp3) is 0.333. The van der Waals surface area contributed by atoms with Gasteiger partial charge in [-0.05, 0) is 31.6 Å². The summed E-state index contributed by atoms with van der Waals surface area (Å²) in [4.78, 5) is 22.6. The van der Waals surface area contributed by atoms with Crippen LogP contribution >= 0.6 is 0 Å². The molecular weight excluding hydrogens is 244 g/mol. The van der Waals surface area contributed by atoms with Crippen LogP contribution in [0.1, 0.15) is 30.6 Å². The van der Waals surface area contributed by atoms with E-state index in [-0.39, 0.29) is 18.4 Å². The van der Waals surface area contributed by atoms with Gasteiger partial charge in [0.2, 0.25) is 0 Å². The first kappa shape index (κ1) is 15.0. The number of carbonyl (C=O) groups is 2. The summed E-state index contributed by atoms with van der Waals surface area (Å²) in [6, 6.07) is 6.94. The van der Waals surface area contributed by atoms with Gasteiger partial charge in [0.15, 0.2) is 5.78 Å². The SMILES string of the molecule is CCC(=CCOc1cccc(C(C)=O)c1)C(=O)OC. The Labute approximate surface area is 113 Å². The molecule has 0 unspecified atom stereocenters. The summed E-state index contributed by atoms with van der Waals surface area (Å²) in [7, 11) is 1.35. The van der Waals surface area contributed by atoms with Gasteiger partial charge in [-0.25, -0.2) is 4.79 Å². The van der Waals surface area contributed by atoms with Crippen LogP contribution < -0.4 is 4.74 Å². The van der Waals surface area contributed by atoms with Crippen LogP contribution in [0, 0.1) is 0 Å². The van der Waals surface area contributed by atoms with E-state index >= 15 is 0 Å². The molecule has 0 aliphatic rings. The second kappa shape index (κ2) is 7.36. The minimum atomic E-state index is -0.344. The van der Waals surface area contributed by atoms with Gasteiger partial charge in [-0.15, -0.1) is 0 Å². The molecule has 19 heavy (non-hydrogen) atoms. The monoisotopic (exact) mass is 262 g/mol. The molecule has 1 aromatic rings. The maximum absolute atomic E-state index is 11.3. The molecule has 4 nitrogen and oxygen atoms in total. The van der Waals surface area contributed by atoms with Crippen molar-refractivity contribution in [3.8, 4) is 5.75 Å². The number of esters is 1. The minimum absolute atomic E-state index is 0.00944. The van der Waals surface area contributed by atoms with Gasteiger partial charge in [0.25, 0.3) is 0 Å². The maximum Gasteiger partial charge on any atom is 0.333 e. The fourth-order valence-corrected chi connectivity index (χ4v) is 1.55. The summed E-state index contributed by atoms with van der Waals surface area (Å²) in [6.45, 7) is 3.64. The lowest BCUT2D eigenvalue weighted by atomic mass is 10.1. The molecule has 4 heteroatoms. The quantitative estimate of drug-likeness (QED) is 0.449. The number of rotatable bonds is 6. The van der Waals surface area contributed by atoms with Crippen molar-refractivity contribution in [2.45, 2.75) is 20.3 Å². The smallest absolute Gasteiger partial charge is 0.333 e. The van der Waals surface area contributed by atoms with E-state index in [0.717, 1.165) is 0 Å². The third kappa shape index (κ3) is 4.58. The zero-order chi connectivity index (χ0) is 14.3. The van der Waals surface area contributed by atoms with Crippen molar-refractivity contribution in [1.82, 2.24) is 0 Å². The molecule has 0 aliphatic carbocycles. The van der Waals surface area contributed by atoms with Crippen molar-refractivity contribution >= 4 is 11.8 Å². The number of hydrogen-bond acceptors (Lipinski definition) is 4. The van der Waals surface area contributed by atoms with E-state index in [9.17, 15) is 9.59 Å². The van der Waals surface area contributed by atoms with Crippen molar-refractivity contribution in [2.75, 3.05) is 13.7 Å². The number of hydrogen-bond donors (Lipinski definition) is 0. The second-order valence-corrected chi connectivity index (χ2v) is 3.97. The number of carbonyl (C=O) groups excluding carboxylic acids is 2. The lowest BCUT2D eigenvalue weighted by Gasteiger charge is -2.06. The van der Waals surface area contributed by atoms with Crippen LogP contribution in [0.3, 0.4) is 0 Å². The van der Waals surface area contributed by atoms with Crippen molar-refractivity contribution in [1.29, 1.82) is 0 Å². The van der Waals surface area contributed by atoms with Crippen molar-refractivity contribution in [2.24, 2.45) is 0 Å². The molecule has 102 valence electrons. The molecule has 0 spiro atoms. The van der Waals surface area contributed by atoms with Crippen molar-refractivity contribution in [3.63, 3.8) is 0 Å². The zero-order valence-electron chi connectivity index (χ0n) is 11.4. The Bertz CT molecular complexity index is 489. The van der Waals surface area contributed by atoms with E-state index in [0.29, 0.717) is 23.3 Å². The highest BCUT2D eigenvalue weighted by Crippen LogP contribution is 2.14. The molecule has 1 rings (SSSR count). The third-order valence-corrected chi connectivity index (χ3v) is 2.65. The summed E-state index contributed by atoms with van der Waals surface area (Å²) in [5.74, 6) is 0.248. The van der Waals surface area contributed by atoms with Gasteiger partial charge in [-0.3, -0.25) is 4.79 Å². The Hall–Kier alpha value is -2.10. The van der Waals surface area contributed by atoms with Gasteiger partial charge >= 0.3 is 5.97 Å². The predicted molar refractivity (Wildman–Crippen MR) is 72.3 cm³/mol. The van der Waals surface area contributed by atoms with E-state index in [4.69, 9.17) is 4.74 Å². The van der Waals surface area contributed by atoms with E-state index in [1.165, 1.54) is 14.0 Å². The molecule has 0 N–H and O–H groups in total. The number of methoxy groups -OCH3 is 1. The third-order valence-electron chi connectivity index (χ3n) is 2.65. The topological polar surface area (TPSA) is 52.6 Å². The minimum Gasteiger partial charge on any atom is -0.489 e. The Kier molecular flexibility index (Phi) is 5.79. The fourth-order valence-electron chi connectivity index (χ4n) is 1.55.